The fourth-order valence-electron chi connectivity index (χ4n) is 2.66. The Labute approximate surface area is 155 Å². The Kier molecular flexibility index (Phi) is 10.3. The van der Waals surface area contributed by atoms with Crippen LogP contribution in [0, 0.1) is 11.8 Å². The molecule has 1 fully saturated rings. The molecule has 1 rings (SSSR count). The van der Waals surface area contributed by atoms with E-state index in [2.05, 4.69) is 20.9 Å². The average molecular weight is 368 g/mol. The SMILES string of the molecule is CC/C(C)=N\OC(=O)NCC1CCCC(CNC(=O)O/N=C(/C)CC)C1. The Bertz CT molecular complexity index is 475. The maximum absolute atomic E-state index is 11.6. The highest BCUT2D eigenvalue weighted by molar-refractivity contribution is 5.82. The van der Waals surface area contributed by atoms with E-state index >= 15 is 0 Å². The number of hydrogen-bond acceptors (Lipinski definition) is 6. The lowest BCUT2D eigenvalue weighted by atomic mass is 9.81. The molecule has 8 heteroatoms. The van der Waals surface area contributed by atoms with Gasteiger partial charge in [0.1, 0.15) is 0 Å². The molecule has 26 heavy (non-hydrogen) atoms. The lowest BCUT2D eigenvalue weighted by molar-refractivity contribution is 0.142. The fourth-order valence-corrected chi connectivity index (χ4v) is 2.66. The van der Waals surface area contributed by atoms with Gasteiger partial charge in [-0.25, -0.2) is 9.59 Å². The molecule has 2 unspecified atom stereocenters. The standard InChI is InChI=1S/C18H32N4O4/c1-5-13(3)21-25-17(23)19-11-15-8-7-9-16(10-15)12-20-18(24)26-22-14(4)6-2/h15-16H,5-12H2,1-4H3,(H,19,23)(H,20,24)/b21-13-,22-14-. The molecule has 0 aromatic heterocycles. The molecule has 0 aromatic carbocycles. The van der Waals surface area contributed by atoms with E-state index in [4.69, 9.17) is 9.68 Å². The van der Waals surface area contributed by atoms with Gasteiger partial charge in [-0.05, 0) is 57.8 Å². The lowest BCUT2D eigenvalue weighted by Gasteiger charge is -2.28. The van der Waals surface area contributed by atoms with E-state index in [-0.39, 0.29) is 0 Å². The summed E-state index contributed by atoms with van der Waals surface area (Å²) in [5.74, 6) is 0.742. The van der Waals surface area contributed by atoms with Gasteiger partial charge in [-0.3, -0.25) is 9.68 Å². The van der Waals surface area contributed by atoms with Gasteiger partial charge in [0.25, 0.3) is 0 Å². The second-order valence-electron chi connectivity index (χ2n) is 6.78. The zero-order chi connectivity index (χ0) is 19.4. The van der Waals surface area contributed by atoms with Gasteiger partial charge < -0.3 is 10.6 Å². The van der Waals surface area contributed by atoms with Crippen molar-refractivity contribution in [2.75, 3.05) is 13.1 Å². The molecule has 0 spiro atoms. The van der Waals surface area contributed by atoms with Gasteiger partial charge in [0.15, 0.2) is 0 Å². The molecule has 0 aromatic rings. The molecule has 2 N–H and O–H groups in total. The predicted octanol–water partition coefficient (Wildman–Crippen LogP) is 3.82. The smallest absolute Gasteiger partial charge is 0.319 e. The van der Waals surface area contributed by atoms with Crippen molar-refractivity contribution in [3.63, 3.8) is 0 Å². The number of nitrogens with zero attached hydrogens (tertiary/aromatic N) is 2. The number of carbonyl (C=O) groups excluding carboxylic acids is 2. The Hall–Kier alpha value is -2.12. The van der Waals surface area contributed by atoms with Gasteiger partial charge in [0, 0.05) is 13.1 Å². The van der Waals surface area contributed by atoms with E-state index in [1.807, 2.05) is 27.7 Å². The Morgan fingerprint density at radius 1 is 0.885 bits per heavy atom. The maximum Gasteiger partial charge on any atom is 0.433 e. The van der Waals surface area contributed by atoms with E-state index in [0.29, 0.717) is 24.9 Å². The van der Waals surface area contributed by atoms with Crippen LogP contribution < -0.4 is 10.6 Å². The van der Waals surface area contributed by atoms with E-state index < -0.39 is 12.2 Å². The summed E-state index contributed by atoms with van der Waals surface area (Å²) in [6.07, 6.45) is 4.57. The van der Waals surface area contributed by atoms with Crippen molar-refractivity contribution in [3.05, 3.63) is 0 Å². The van der Waals surface area contributed by atoms with Crippen LogP contribution in [0.25, 0.3) is 0 Å². The molecule has 0 saturated heterocycles. The molecule has 1 aliphatic carbocycles. The second-order valence-corrected chi connectivity index (χ2v) is 6.78. The summed E-state index contributed by atoms with van der Waals surface area (Å²) in [6.45, 7) is 8.63. The third kappa shape index (κ3) is 9.39. The molecule has 1 aliphatic rings. The number of nitrogens with one attached hydrogen (secondary N) is 2. The van der Waals surface area contributed by atoms with Crippen molar-refractivity contribution in [2.24, 2.45) is 22.1 Å². The highest BCUT2D eigenvalue weighted by Crippen LogP contribution is 2.28. The van der Waals surface area contributed by atoms with Gasteiger partial charge in [-0.15, -0.1) is 0 Å². The molecule has 148 valence electrons. The Morgan fingerprint density at radius 2 is 1.31 bits per heavy atom. The topological polar surface area (TPSA) is 101 Å². The largest absolute Gasteiger partial charge is 0.433 e. The lowest BCUT2D eigenvalue weighted by Crippen LogP contribution is -2.35. The predicted molar refractivity (Wildman–Crippen MR) is 101 cm³/mol. The summed E-state index contributed by atoms with van der Waals surface area (Å²) in [6, 6.07) is 0. The van der Waals surface area contributed by atoms with Crippen LogP contribution in [0.3, 0.4) is 0 Å². The van der Waals surface area contributed by atoms with E-state index in [0.717, 1.165) is 49.9 Å². The summed E-state index contributed by atoms with van der Waals surface area (Å²) in [4.78, 5) is 32.9. The first-order valence-corrected chi connectivity index (χ1v) is 9.41. The van der Waals surface area contributed by atoms with Crippen molar-refractivity contribution in [1.29, 1.82) is 0 Å². The molecule has 0 radical (unpaired) electrons. The molecular weight excluding hydrogens is 336 g/mol. The third-order valence-corrected chi connectivity index (χ3v) is 4.55. The molecular formula is C18H32N4O4. The van der Waals surface area contributed by atoms with E-state index in [1.54, 1.807) is 0 Å². The van der Waals surface area contributed by atoms with Crippen LogP contribution in [0.5, 0.6) is 0 Å². The van der Waals surface area contributed by atoms with E-state index in [9.17, 15) is 9.59 Å². The van der Waals surface area contributed by atoms with Crippen LogP contribution in [-0.2, 0) is 9.68 Å². The third-order valence-electron chi connectivity index (χ3n) is 4.55. The number of oxime groups is 2. The number of hydrogen-bond donors (Lipinski definition) is 2. The zero-order valence-corrected chi connectivity index (χ0v) is 16.3. The highest BCUT2D eigenvalue weighted by atomic mass is 16.7. The summed E-state index contributed by atoms with van der Waals surface area (Å²) < 4.78 is 0. The van der Waals surface area contributed by atoms with Gasteiger partial charge >= 0.3 is 12.2 Å². The number of carbonyl (C=O) groups is 2. The molecule has 0 aliphatic heterocycles. The van der Waals surface area contributed by atoms with Crippen LogP contribution >= 0.6 is 0 Å². The van der Waals surface area contributed by atoms with Crippen LogP contribution in [0.2, 0.25) is 0 Å². The normalized spacial score (nSPS) is 21.1. The number of amides is 2. The van der Waals surface area contributed by atoms with Crippen molar-refractivity contribution in [1.82, 2.24) is 10.6 Å². The van der Waals surface area contributed by atoms with Crippen molar-refractivity contribution < 1.29 is 19.3 Å². The first-order chi connectivity index (χ1) is 12.4. The van der Waals surface area contributed by atoms with Crippen molar-refractivity contribution in [3.8, 4) is 0 Å². The minimum Gasteiger partial charge on any atom is -0.319 e. The average Bonchev–Trinajstić information content (AvgIpc) is 2.67. The van der Waals surface area contributed by atoms with E-state index in [1.165, 1.54) is 0 Å². The molecule has 0 bridgehead atoms. The monoisotopic (exact) mass is 368 g/mol. The van der Waals surface area contributed by atoms with Crippen LogP contribution in [0.15, 0.2) is 10.3 Å². The zero-order valence-electron chi connectivity index (χ0n) is 16.3. The van der Waals surface area contributed by atoms with Crippen LogP contribution in [-0.4, -0.2) is 36.7 Å². The Balaban J connectivity index is 2.27. The van der Waals surface area contributed by atoms with Crippen molar-refractivity contribution in [2.45, 2.75) is 66.2 Å². The molecule has 0 heterocycles. The van der Waals surface area contributed by atoms with Crippen LogP contribution in [0.1, 0.15) is 66.2 Å². The molecule has 1 saturated carbocycles. The number of rotatable bonds is 8. The Morgan fingerprint density at radius 3 is 1.69 bits per heavy atom. The molecule has 2 amide bonds. The van der Waals surface area contributed by atoms with Gasteiger partial charge in [-0.2, -0.15) is 0 Å². The molecule has 8 nitrogen and oxygen atoms in total. The second kappa shape index (κ2) is 12.3. The molecule has 2 atom stereocenters. The summed E-state index contributed by atoms with van der Waals surface area (Å²) in [5, 5.41) is 13.0. The minimum atomic E-state index is -0.522. The van der Waals surface area contributed by atoms with Gasteiger partial charge in [-0.1, -0.05) is 30.6 Å². The minimum absolute atomic E-state index is 0.371. The van der Waals surface area contributed by atoms with Gasteiger partial charge in [0.2, 0.25) is 0 Å². The summed E-state index contributed by atoms with van der Waals surface area (Å²) in [7, 11) is 0. The maximum atomic E-state index is 11.6. The summed E-state index contributed by atoms with van der Waals surface area (Å²) >= 11 is 0. The van der Waals surface area contributed by atoms with Crippen molar-refractivity contribution >= 4 is 23.6 Å². The van der Waals surface area contributed by atoms with Gasteiger partial charge in [0.05, 0.1) is 11.4 Å². The quantitative estimate of drug-likeness (QED) is 0.386. The highest BCUT2D eigenvalue weighted by Gasteiger charge is 2.23. The fraction of sp³-hybridized carbons (Fsp3) is 0.778. The first-order valence-electron chi connectivity index (χ1n) is 9.41. The summed E-state index contributed by atoms with van der Waals surface area (Å²) in [5.41, 5.74) is 1.55. The van der Waals surface area contributed by atoms with Crippen LogP contribution in [0.4, 0.5) is 9.59 Å². The first kappa shape index (κ1) is 21.9.